The molecule has 0 amide bonds. The summed E-state index contributed by atoms with van der Waals surface area (Å²) in [6.07, 6.45) is -2.16. The number of hydrogen-bond donors (Lipinski definition) is 0. The van der Waals surface area contributed by atoms with Gasteiger partial charge in [0.15, 0.2) is 5.78 Å². The summed E-state index contributed by atoms with van der Waals surface area (Å²) >= 11 is 0. The van der Waals surface area contributed by atoms with Crippen LogP contribution in [0.5, 0.6) is 11.5 Å². The van der Waals surface area contributed by atoms with E-state index < -0.39 is 23.7 Å². The zero-order chi connectivity index (χ0) is 14.6. The van der Waals surface area contributed by atoms with Gasteiger partial charge in [-0.3, -0.25) is 9.59 Å². The minimum absolute atomic E-state index is 0.0534. The molecule has 0 saturated heterocycles. The third-order valence-corrected chi connectivity index (χ3v) is 2.68. The summed E-state index contributed by atoms with van der Waals surface area (Å²) in [4.78, 5) is 23.4. The normalized spacial score (nSPS) is 12.1. The summed E-state index contributed by atoms with van der Waals surface area (Å²) < 4.78 is 23.8. The van der Waals surface area contributed by atoms with Crippen molar-refractivity contribution in [1.29, 1.82) is 0 Å². The summed E-state index contributed by atoms with van der Waals surface area (Å²) in [6.45, 7) is 3.10. The number of hydrogen-bond acceptors (Lipinski definition) is 4. The number of benzene rings is 1. The molecule has 1 aromatic rings. The van der Waals surface area contributed by atoms with Gasteiger partial charge >= 0.3 is 0 Å². The van der Waals surface area contributed by atoms with Crippen molar-refractivity contribution >= 4 is 11.6 Å². The van der Waals surface area contributed by atoms with Gasteiger partial charge in [-0.05, 0) is 12.1 Å². The molecule has 0 saturated carbocycles. The van der Waals surface area contributed by atoms with E-state index >= 15 is 0 Å². The second kappa shape index (κ2) is 6.31. The van der Waals surface area contributed by atoms with Crippen molar-refractivity contribution < 1.29 is 23.5 Å². The zero-order valence-electron chi connectivity index (χ0n) is 11.4. The van der Waals surface area contributed by atoms with E-state index in [9.17, 15) is 14.0 Å². The fraction of sp³-hybridized carbons (Fsp3) is 0.429. The highest BCUT2D eigenvalue weighted by Gasteiger charge is 2.29. The molecule has 4 nitrogen and oxygen atoms in total. The molecule has 1 aromatic carbocycles. The van der Waals surface area contributed by atoms with Gasteiger partial charge in [0.25, 0.3) is 0 Å². The van der Waals surface area contributed by atoms with Gasteiger partial charge in [-0.25, -0.2) is 4.39 Å². The molecule has 0 aliphatic carbocycles. The highest BCUT2D eigenvalue weighted by atomic mass is 19.1. The molecule has 104 valence electrons. The smallest absolute Gasteiger partial charge is 0.221 e. The number of ketones is 2. The van der Waals surface area contributed by atoms with Crippen LogP contribution in [0.1, 0.15) is 24.2 Å². The highest BCUT2D eigenvalue weighted by molar-refractivity contribution is 6.13. The Labute approximate surface area is 111 Å². The summed E-state index contributed by atoms with van der Waals surface area (Å²) in [5, 5.41) is 0. The largest absolute Gasteiger partial charge is 0.497 e. The second-order valence-electron chi connectivity index (χ2n) is 4.39. The van der Waals surface area contributed by atoms with E-state index in [2.05, 4.69) is 0 Å². The van der Waals surface area contributed by atoms with Crippen LogP contribution in [0.15, 0.2) is 18.2 Å². The van der Waals surface area contributed by atoms with Crippen LogP contribution in [0.3, 0.4) is 0 Å². The van der Waals surface area contributed by atoms with E-state index in [4.69, 9.17) is 9.47 Å². The Balaban J connectivity index is 3.08. The van der Waals surface area contributed by atoms with E-state index in [-0.39, 0.29) is 5.56 Å². The topological polar surface area (TPSA) is 52.6 Å². The minimum Gasteiger partial charge on any atom is -0.497 e. The quantitative estimate of drug-likeness (QED) is 0.587. The first-order valence-corrected chi connectivity index (χ1v) is 5.85. The van der Waals surface area contributed by atoms with E-state index in [0.29, 0.717) is 11.5 Å². The van der Waals surface area contributed by atoms with Gasteiger partial charge in [0.05, 0.1) is 14.2 Å². The van der Waals surface area contributed by atoms with Gasteiger partial charge in [-0.2, -0.15) is 0 Å². The van der Waals surface area contributed by atoms with Gasteiger partial charge < -0.3 is 9.47 Å². The Morgan fingerprint density at radius 2 is 1.53 bits per heavy atom. The Morgan fingerprint density at radius 3 is 1.89 bits per heavy atom. The van der Waals surface area contributed by atoms with Gasteiger partial charge in [-0.1, -0.05) is 13.8 Å². The number of carbonyl (C=O) groups is 2. The van der Waals surface area contributed by atoms with Crippen molar-refractivity contribution in [2.24, 2.45) is 5.92 Å². The maximum absolute atomic E-state index is 13.8. The number of rotatable bonds is 6. The van der Waals surface area contributed by atoms with Crippen molar-refractivity contribution in [3.05, 3.63) is 23.8 Å². The molecule has 0 N–H and O–H groups in total. The molecule has 1 unspecified atom stereocenters. The van der Waals surface area contributed by atoms with Crippen molar-refractivity contribution in [3.8, 4) is 11.5 Å². The van der Waals surface area contributed by atoms with Crippen molar-refractivity contribution in [3.63, 3.8) is 0 Å². The predicted octanol–water partition coefficient (Wildman–Crippen LogP) is 2.45. The molecule has 1 rings (SSSR count). The molecule has 0 bridgehead atoms. The molecule has 0 radical (unpaired) electrons. The average molecular weight is 268 g/mol. The van der Waals surface area contributed by atoms with Gasteiger partial charge in [0, 0.05) is 17.5 Å². The Bertz CT molecular complexity index is 460. The Kier molecular flexibility index (Phi) is 5.03. The lowest BCUT2D eigenvalue weighted by Gasteiger charge is -2.11. The molecule has 0 fully saturated rings. The van der Waals surface area contributed by atoms with Gasteiger partial charge in [-0.15, -0.1) is 0 Å². The molecule has 0 heterocycles. The number of alkyl halides is 1. The first-order valence-electron chi connectivity index (χ1n) is 5.85. The van der Waals surface area contributed by atoms with E-state index in [1.807, 2.05) is 0 Å². The molecule has 0 aromatic heterocycles. The minimum atomic E-state index is -2.16. The predicted molar refractivity (Wildman–Crippen MR) is 68.6 cm³/mol. The first-order chi connectivity index (χ1) is 8.90. The monoisotopic (exact) mass is 268 g/mol. The molecule has 1 atom stereocenters. The van der Waals surface area contributed by atoms with Crippen molar-refractivity contribution in [2.45, 2.75) is 20.0 Å². The van der Waals surface area contributed by atoms with Crippen LogP contribution >= 0.6 is 0 Å². The Morgan fingerprint density at radius 1 is 1.05 bits per heavy atom. The number of ether oxygens (including phenoxy) is 2. The molecule has 19 heavy (non-hydrogen) atoms. The first kappa shape index (κ1) is 15.1. The van der Waals surface area contributed by atoms with Crippen LogP contribution < -0.4 is 9.47 Å². The number of halogens is 1. The molecular formula is C14H17FO4. The summed E-state index contributed by atoms with van der Waals surface area (Å²) in [5.74, 6) is -1.41. The van der Waals surface area contributed by atoms with Crippen LogP contribution in [0.4, 0.5) is 4.39 Å². The number of methoxy groups -OCH3 is 2. The van der Waals surface area contributed by atoms with Gasteiger partial charge in [0.1, 0.15) is 11.5 Å². The fourth-order valence-corrected chi connectivity index (χ4v) is 1.52. The summed E-state index contributed by atoms with van der Waals surface area (Å²) in [6, 6.07) is 4.32. The zero-order valence-corrected chi connectivity index (χ0v) is 11.4. The second-order valence-corrected chi connectivity index (χ2v) is 4.39. The molecule has 0 aliphatic heterocycles. The lowest BCUT2D eigenvalue weighted by atomic mass is 9.98. The lowest BCUT2D eigenvalue weighted by Crippen LogP contribution is -2.29. The van der Waals surface area contributed by atoms with Crippen LogP contribution in [0, 0.1) is 5.92 Å². The van der Waals surface area contributed by atoms with E-state index in [0.717, 1.165) is 0 Å². The SMILES string of the molecule is COc1cc(OC)cc(C(=O)C(F)C(=O)C(C)C)c1. The third kappa shape index (κ3) is 3.53. The Hall–Kier alpha value is -1.91. The van der Waals surface area contributed by atoms with Crippen LogP contribution in [-0.4, -0.2) is 32.0 Å². The summed E-state index contributed by atoms with van der Waals surface area (Å²) in [7, 11) is 2.85. The standard InChI is InChI=1S/C14H17FO4/c1-8(2)13(16)12(15)14(17)9-5-10(18-3)7-11(6-9)19-4/h5-8,12H,1-4H3. The van der Waals surface area contributed by atoms with Crippen LogP contribution in [0.25, 0.3) is 0 Å². The van der Waals surface area contributed by atoms with Crippen LogP contribution in [-0.2, 0) is 4.79 Å². The molecule has 5 heteroatoms. The number of Topliss-reactive ketones (excluding diaryl/α,β-unsaturated/α-hetero) is 2. The lowest BCUT2D eigenvalue weighted by molar-refractivity contribution is -0.125. The maximum atomic E-state index is 13.8. The van der Waals surface area contributed by atoms with Gasteiger partial charge in [0.2, 0.25) is 12.0 Å². The fourth-order valence-electron chi connectivity index (χ4n) is 1.52. The molecular weight excluding hydrogens is 251 g/mol. The summed E-state index contributed by atoms with van der Waals surface area (Å²) in [5.41, 5.74) is 0.0534. The van der Waals surface area contributed by atoms with Crippen molar-refractivity contribution in [1.82, 2.24) is 0 Å². The number of carbonyl (C=O) groups excluding carboxylic acids is 2. The third-order valence-electron chi connectivity index (χ3n) is 2.68. The van der Waals surface area contributed by atoms with Crippen molar-refractivity contribution in [2.75, 3.05) is 14.2 Å². The van der Waals surface area contributed by atoms with E-state index in [1.54, 1.807) is 19.9 Å². The maximum Gasteiger partial charge on any atom is 0.221 e. The average Bonchev–Trinajstić information content (AvgIpc) is 2.43. The molecule has 0 aliphatic rings. The van der Waals surface area contributed by atoms with Crippen LogP contribution in [0.2, 0.25) is 0 Å². The molecule has 0 spiro atoms. The van der Waals surface area contributed by atoms with E-state index in [1.165, 1.54) is 26.4 Å². The highest BCUT2D eigenvalue weighted by Crippen LogP contribution is 2.24.